The van der Waals surface area contributed by atoms with Crippen LogP contribution in [0.1, 0.15) is 96.8 Å². The zero-order valence-electron chi connectivity index (χ0n) is 13.4. The Hall–Kier alpha value is -0.0400. The van der Waals surface area contributed by atoms with Crippen molar-refractivity contribution in [2.75, 3.05) is 13.1 Å². The van der Waals surface area contributed by atoms with Crippen LogP contribution >= 0.6 is 0 Å². The van der Waals surface area contributed by atoms with Gasteiger partial charge in [-0.05, 0) is 31.8 Å². The van der Waals surface area contributed by atoms with E-state index in [-0.39, 0.29) is 0 Å². The van der Waals surface area contributed by atoms with Crippen LogP contribution in [0.15, 0.2) is 0 Å². The van der Waals surface area contributed by atoms with Crippen LogP contribution < -0.4 is 5.32 Å². The van der Waals surface area contributed by atoms with E-state index in [0.29, 0.717) is 0 Å². The lowest BCUT2D eigenvalue weighted by atomic mass is 9.97. The third-order valence-corrected chi connectivity index (χ3v) is 4.73. The monoisotopic (exact) mass is 267 g/mol. The molecule has 1 rings (SSSR count). The van der Waals surface area contributed by atoms with Crippen LogP contribution in [0.5, 0.6) is 0 Å². The third kappa shape index (κ3) is 10.4. The summed E-state index contributed by atoms with van der Waals surface area (Å²) in [7, 11) is 0. The molecule has 0 amide bonds. The van der Waals surface area contributed by atoms with E-state index in [1.807, 2.05) is 0 Å². The van der Waals surface area contributed by atoms with Crippen molar-refractivity contribution in [2.45, 2.75) is 96.8 Å². The Balaban J connectivity index is 2.15. The number of nitrogens with one attached hydrogen (secondary N) is 1. The second-order valence-electron chi connectivity index (χ2n) is 6.51. The molecule has 1 atom stereocenters. The molecule has 0 bridgehead atoms. The first kappa shape index (κ1) is 17.0. The molecule has 0 saturated carbocycles. The molecule has 1 N–H and O–H groups in total. The maximum atomic E-state index is 3.68. The van der Waals surface area contributed by atoms with Crippen LogP contribution in [0.4, 0.5) is 0 Å². The van der Waals surface area contributed by atoms with E-state index in [9.17, 15) is 0 Å². The molecule has 1 saturated heterocycles. The Labute approximate surface area is 121 Å². The first-order valence-electron chi connectivity index (χ1n) is 9.14. The van der Waals surface area contributed by atoms with Crippen LogP contribution in [-0.2, 0) is 0 Å². The second kappa shape index (κ2) is 13.0. The van der Waals surface area contributed by atoms with Crippen molar-refractivity contribution in [3.8, 4) is 0 Å². The molecule has 0 aromatic rings. The predicted molar refractivity (Wildman–Crippen MR) is 86.7 cm³/mol. The summed E-state index contributed by atoms with van der Waals surface area (Å²) in [6.07, 6.45) is 20.4. The van der Waals surface area contributed by atoms with Gasteiger partial charge in [-0.15, -0.1) is 0 Å². The largest absolute Gasteiger partial charge is 0.316 e. The molecule has 1 aliphatic rings. The maximum Gasteiger partial charge on any atom is -0.00206 e. The van der Waals surface area contributed by atoms with Crippen LogP contribution in [0.3, 0.4) is 0 Å². The smallest absolute Gasteiger partial charge is 0.00206 e. The van der Waals surface area contributed by atoms with E-state index >= 15 is 0 Å². The Morgan fingerprint density at radius 2 is 1.16 bits per heavy atom. The first-order chi connectivity index (χ1) is 9.43. The Morgan fingerprint density at radius 3 is 1.68 bits per heavy atom. The van der Waals surface area contributed by atoms with E-state index < -0.39 is 0 Å². The summed E-state index contributed by atoms with van der Waals surface area (Å²) >= 11 is 0. The Kier molecular flexibility index (Phi) is 11.6. The molecular weight excluding hydrogens is 230 g/mol. The first-order valence-corrected chi connectivity index (χ1v) is 9.14. The van der Waals surface area contributed by atoms with Crippen molar-refractivity contribution in [2.24, 2.45) is 5.92 Å². The minimum atomic E-state index is 0.927. The van der Waals surface area contributed by atoms with Gasteiger partial charge in [0.25, 0.3) is 0 Å². The fraction of sp³-hybridized carbons (Fsp3) is 1.00. The van der Waals surface area contributed by atoms with E-state index in [4.69, 9.17) is 0 Å². The molecule has 0 aliphatic carbocycles. The van der Waals surface area contributed by atoms with Gasteiger partial charge in [-0.1, -0.05) is 84.0 Å². The molecule has 0 spiro atoms. The van der Waals surface area contributed by atoms with Gasteiger partial charge in [0.1, 0.15) is 0 Å². The molecule has 114 valence electrons. The SMILES string of the molecule is CCC1CCCCCCCCCCCCCCNC1. The fourth-order valence-corrected chi connectivity index (χ4v) is 3.21. The fourth-order valence-electron chi connectivity index (χ4n) is 3.21. The lowest BCUT2D eigenvalue weighted by molar-refractivity contribution is 0.408. The molecule has 1 unspecified atom stereocenters. The topological polar surface area (TPSA) is 12.0 Å². The zero-order valence-corrected chi connectivity index (χ0v) is 13.4. The summed E-state index contributed by atoms with van der Waals surface area (Å²) in [5.41, 5.74) is 0. The molecule has 1 fully saturated rings. The normalized spacial score (nSPS) is 26.7. The van der Waals surface area contributed by atoms with Crippen LogP contribution in [0.25, 0.3) is 0 Å². The molecule has 1 aliphatic heterocycles. The highest BCUT2D eigenvalue weighted by Crippen LogP contribution is 2.16. The van der Waals surface area contributed by atoms with Crippen molar-refractivity contribution in [1.82, 2.24) is 5.32 Å². The molecule has 0 aromatic heterocycles. The summed E-state index contributed by atoms with van der Waals surface area (Å²) < 4.78 is 0. The summed E-state index contributed by atoms with van der Waals surface area (Å²) in [6.45, 7) is 4.86. The lowest BCUT2D eigenvalue weighted by Crippen LogP contribution is -2.23. The quantitative estimate of drug-likeness (QED) is 0.644. The Bertz CT molecular complexity index is 161. The number of rotatable bonds is 1. The van der Waals surface area contributed by atoms with Gasteiger partial charge in [-0.2, -0.15) is 0 Å². The average Bonchev–Trinajstić information content (AvgIpc) is 2.44. The van der Waals surface area contributed by atoms with Gasteiger partial charge < -0.3 is 5.32 Å². The second-order valence-corrected chi connectivity index (χ2v) is 6.51. The highest BCUT2D eigenvalue weighted by molar-refractivity contribution is 4.62. The number of hydrogen-bond donors (Lipinski definition) is 1. The molecule has 0 aromatic carbocycles. The molecular formula is C18H37N. The van der Waals surface area contributed by atoms with Crippen molar-refractivity contribution >= 4 is 0 Å². The van der Waals surface area contributed by atoms with Gasteiger partial charge in [-0.3, -0.25) is 0 Å². The van der Waals surface area contributed by atoms with Crippen LogP contribution in [0, 0.1) is 5.92 Å². The van der Waals surface area contributed by atoms with E-state index in [1.165, 1.54) is 103 Å². The summed E-state index contributed by atoms with van der Waals surface area (Å²) in [6, 6.07) is 0. The lowest BCUT2D eigenvalue weighted by Gasteiger charge is -2.15. The van der Waals surface area contributed by atoms with Crippen molar-refractivity contribution in [3.05, 3.63) is 0 Å². The average molecular weight is 268 g/mol. The highest BCUT2D eigenvalue weighted by atomic mass is 14.8. The zero-order chi connectivity index (χ0) is 13.6. The molecule has 1 heterocycles. The molecule has 1 heteroatoms. The Morgan fingerprint density at radius 1 is 0.684 bits per heavy atom. The van der Waals surface area contributed by atoms with E-state index in [0.717, 1.165) is 5.92 Å². The van der Waals surface area contributed by atoms with Gasteiger partial charge in [0.2, 0.25) is 0 Å². The van der Waals surface area contributed by atoms with Crippen molar-refractivity contribution in [1.29, 1.82) is 0 Å². The molecule has 0 radical (unpaired) electrons. The summed E-state index contributed by atoms with van der Waals surface area (Å²) in [4.78, 5) is 0. The standard InChI is InChI=1S/C18H37N/c1-2-18-15-13-11-9-7-5-3-4-6-8-10-12-14-16-19-17-18/h18-19H,2-17H2,1H3. The van der Waals surface area contributed by atoms with Crippen LogP contribution in [0.2, 0.25) is 0 Å². The van der Waals surface area contributed by atoms with Gasteiger partial charge >= 0.3 is 0 Å². The van der Waals surface area contributed by atoms with E-state index in [1.54, 1.807) is 0 Å². The van der Waals surface area contributed by atoms with Crippen molar-refractivity contribution < 1.29 is 0 Å². The minimum absolute atomic E-state index is 0.927. The summed E-state index contributed by atoms with van der Waals surface area (Å²) in [5.74, 6) is 0.927. The van der Waals surface area contributed by atoms with Crippen molar-refractivity contribution in [3.63, 3.8) is 0 Å². The summed E-state index contributed by atoms with van der Waals surface area (Å²) in [5, 5.41) is 3.68. The van der Waals surface area contributed by atoms with E-state index in [2.05, 4.69) is 12.2 Å². The van der Waals surface area contributed by atoms with Crippen LogP contribution in [-0.4, -0.2) is 13.1 Å². The van der Waals surface area contributed by atoms with Gasteiger partial charge in [-0.25, -0.2) is 0 Å². The van der Waals surface area contributed by atoms with Gasteiger partial charge in [0.05, 0.1) is 0 Å². The third-order valence-electron chi connectivity index (χ3n) is 4.73. The molecule has 1 nitrogen and oxygen atoms in total. The minimum Gasteiger partial charge on any atom is -0.316 e. The van der Waals surface area contributed by atoms with Gasteiger partial charge in [0.15, 0.2) is 0 Å². The predicted octanol–water partition coefficient (Wildman–Crippen LogP) is 5.69. The molecule has 19 heavy (non-hydrogen) atoms. The van der Waals surface area contributed by atoms with Gasteiger partial charge in [0, 0.05) is 0 Å². The maximum absolute atomic E-state index is 3.68. The highest BCUT2D eigenvalue weighted by Gasteiger charge is 2.05. The number of hydrogen-bond acceptors (Lipinski definition) is 1.